The van der Waals surface area contributed by atoms with Crippen LogP contribution in [0.15, 0.2) is 48.5 Å². The van der Waals surface area contributed by atoms with E-state index in [0.29, 0.717) is 23.3 Å². The lowest BCUT2D eigenvalue weighted by Gasteiger charge is -2.15. The van der Waals surface area contributed by atoms with E-state index >= 15 is 0 Å². The van der Waals surface area contributed by atoms with E-state index in [-0.39, 0.29) is 18.5 Å². The molecule has 0 amide bonds. The molecule has 0 spiro atoms. The van der Waals surface area contributed by atoms with Gasteiger partial charge < -0.3 is 9.47 Å². The van der Waals surface area contributed by atoms with Crippen molar-refractivity contribution in [2.45, 2.75) is 39.2 Å². The first-order chi connectivity index (χ1) is 14.1. The molecule has 0 bridgehead atoms. The van der Waals surface area contributed by atoms with Gasteiger partial charge in [0.05, 0.1) is 12.2 Å². The summed E-state index contributed by atoms with van der Waals surface area (Å²) < 4.78 is 9.96. The number of esters is 2. The molecule has 0 aliphatic rings. The normalized spacial score (nSPS) is 10.3. The molecule has 0 fully saturated rings. The van der Waals surface area contributed by atoms with Crippen LogP contribution in [0.4, 0.5) is 0 Å². The Morgan fingerprint density at radius 3 is 1.77 bits per heavy atom. The minimum Gasteiger partial charge on any atom is -0.462 e. The average Bonchev–Trinajstić information content (AvgIpc) is 2.72. The van der Waals surface area contributed by atoms with Crippen LogP contribution in [-0.4, -0.2) is 39.2 Å². The van der Waals surface area contributed by atoms with Gasteiger partial charge in [-0.05, 0) is 23.7 Å². The number of carbonyl (C=O) groups excluding carboxylic acids is 4. The number of benzene rings is 2. The van der Waals surface area contributed by atoms with Crippen LogP contribution in [0.5, 0.6) is 0 Å². The Balaban J connectivity index is 0.000000311. The monoisotopic (exact) mass is 428 g/mol. The zero-order valence-corrected chi connectivity index (χ0v) is 18.8. The van der Waals surface area contributed by atoms with Gasteiger partial charge in [0.1, 0.15) is 19.2 Å². The maximum absolute atomic E-state index is 11.6. The minimum absolute atomic E-state index is 0.258. The van der Waals surface area contributed by atoms with Gasteiger partial charge in [0.15, 0.2) is 0 Å². The van der Waals surface area contributed by atoms with Crippen molar-refractivity contribution in [3.63, 3.8) is 0 Å². The third kappa shape index (κ3) is 10.5. The van der Waals surface area contributed by atoms with Gasteiger partial charge in [-0.1, -0.05) is 56.0 Å². The van der Waals surface area contributed by atoms with Gasteiger partial charge >= 0.3 is 11.9 Å². The van der Waals surface area contributed by atoms with Crippen LogP contribution in [0.3, 0.4) is 0 Å². The predicted octanol–water partition coefficient (Wildman–Crippen LogP) is 4.56. The second-order valence-corrected chi connectivity index (χ2v) is 13.4. The fourth-order valence-electron chi connectivity index (χ4n) is 2.11. The summed E-state index contributed by atoms with van der Waals surface area (Å²) in [6.07, 6.45) is 1.52. The molecule has 0 aliphatic carbocycles. The van der Waals surface area contributed by atoms with Gasteiger partial charge in [0, 0.05) is 26.1 Å². The van der Waals surface area contributed by atoms with E-state index in [1.165, 1.54) is 6.92 Å². The molecule has 0 radical (unpaired) electrons. The van der Waals surface area contributed by atoms with Crippen molar-refractivity contribution in [2.75, 3.05) is 6.61 Å². The SMILES string of the molecule is CC(=O)OCc1ccc(C=O)cc1.C[Si](C)(C)CCOC(=O)c1ccc(C=O)cc1. The number of rotatable bonds is 8. The summed E-state index contributed by atoms with van der Waals surface area (Å²) in [5, 5.41) is 0. The number of hydrogen-bond acceptors (Lipinski definition) is 6. The Morgan fingerprint density at radius 2 is 1.33 bits per heavy atom. The minimum atomic E-state index is -1.16. The summed E-state index contributed by atoms with van der Waals surface area (Å²) in [5.41, 5.74) is 2.54. The Hall–Kier alpha value is -3.06. The number of hydrogen-bond donors (Lipinski definition) is 0. The van der Waals surface area contributed by atoms with Crippen molar-refractivity contribution in [3.8, 4) is 0 Å². The fraction of sp³-hybridized carbons (Fsp3) is 0.304. The molecular weight excluding hydrogens is 400 g/mol. The zero-order chi connectivity index (χ0) is 22.6. The quantitative estimate of drug-likeness (QED) is 0.348. The highest BCUT2D eigenvalue weighted by molar-refractivity contribution is 6.76. The highest BCUT2D eigenvalue weighted by atomic mass is 28.3. The van der Waals surface area contributed by atoms with Crippen LogP contribution >= 0.6 is 0 Å². The first-order valence-corrected chi connectivity index (χ1v) is 13.2. The standard InChI is InChI=1S/C13H18O3Si.C10H10O3/c1-17(2,3)9-8-16-13(15)12-6-4-11(10-14)5-7-12;1-8(12)13-7-10-4-2-9(6-11)3-5-10/h4-7,10H,8-9H2,1-3H3;2-6H,7H2,1H3. The van der Waals surface area contributed by atoms with E-state index in [9.17, 15) is 19.2 Å². The van der Waals surface area contributed by atoms with Gasteiger partial charge in [-0.25, -0.2) is 4.79 Å². The van der Waals surface area contributed by atoms with Crippen LogP contribution in [0.25, 0.3) is 0 Å². The van der Waals surface area contributed by atoms with Crippen LogP contribution in [0.1, 0.15) is 43.6 Å². The largest absolute Gasteiger partial charge is 0.462 e. The van der Waals surface area contributed by atoms with Crippen LogP contribution < -0.4 is 0 Å². The van der Waals surface area contributed by atoms with Crippen molar-refractivity contribution >= 4 is 32.6 Å². The van der Waals surface area contributed by atoms with E-state index in [1.807, 2.05) is 0 Å². The van der Waals surface area contributed by atoms with Crippen molar-refractivity contribution in [1.29, 1.82) is 0 Å². The number of ether oxygens (including phenoxy) is 2. The molecule has 0 heterocycles. The molecule has 160 valence electrons. The lowest BCUT2D eigenvalue weighted by atomic mass is 10.1. The maximum Gasteiger partial charge on any atom is 0.338 e. The molecule has 6 nitrogen and oxygen atoms in total. The van der Waals surface area contributed by atoms with Gasteiger partial charge in [0.2, 0.25) is 0 Å². The molecule has 0 aromatic heterocycles. The number of aldehydes is 2. The van der Waals surface area contributed by atoms with Crippen LogP contribution in [0, 0.1) is 0 Å². The molecule has 0 saturated carbocycles. The summed E-state index contributed by atoms with van der Waals surface area (Å²) in [6.45, 7) is 8.80. The molecule has 2 rings (SSSR count). The smallest absolute Gasteiger partial charge is 0.338 e. The molecule has 0 N–H and O–H groups in total. The van der Waals surface area contributed by atoms with Gasteiger partial charge in [-0.2, -0.15) is 0 Å². The molecule has 0 saturated heterocycles. The van der Waals surface area contributed by atoms with E-state index < -0.39 is 8.07 Å². The molecule has 0 unspecified atom stereocenters. The van der Waals surface area contributed by atoms with Gasteiger partial charge in [-0.15, -0.1) is 0 Å². The highest BCUT2D eigenvalue weighted by Gasteiger charge is 2.14. The molecule has 7 heteroatoms. The summed E-state index contributed by atoms with van der Waals surface area (Å²) >= 11 is 0. The molecule has 0 atom stereocenters. The summed E-state index contributed by atoms with van der Waals surface area (Å²) in [4.78, 5) is 42.9. The fourth-order valence-corrected chi connectivity index (χ4v) is 2.82. The summed E-state index contributed by atoms with van der Waals surface area (Å²) in [6, 6.07) is 14.3. The predicted molar refractivity (Wildman–Crippen MR) is 118 cm³/mol. The Labute approximate surface area is 178 Å². The second kappa shape index (κ2) is 12.5. The van der Waals surface area contributed by atoms with Crippen molar-refractivity contribution in [1.82, 2.24) is 0 Å². The lowest BCUT2D eigenvalue weighted by Crippen LogP contribution is -2.22. The van der Waals surface area contributed by atoms with E-state index in [2.05, 4.69) is 19.6 Å². The first-order valence-electron chi connectivity index (χ1n) is 9.54. The Bertz CT molecular complexity index is 835. The average molecular weight is 429 g/mol. The molecule has 2 aromatic rings. The van der Waals surface area contributed by atoms with E-state index in [1.54, 1.807) is 48.5 Å². The summed E-state index contributed by atoms with van der Waals surface area (Å²) in [5.74, 6) is -0.625. The molecular formula is C23H28O6Si. The maximum atomic E-state index is 11.6. The van der Waals surface area contributed by atoms with Crippen molar-refractivity contribution < 1.29 is 28.7 Å². The third-order valence-electron chi connectivity index (χ3n) is 3.93. The van der Waals surface area contributed by atoms with Gasteiger partial charge in [-0.3, -0.25) is 14.4 Å². The Morgan fingerprint density at radius 1 is 0.833 bits per heavy atom. The lowest BCUT2D eigenvalue weighted by molar-refractivity contribution is -0.142. The molecule has 30 heavy (non-hydrogen) atoms. The highest BCUT2D eigenvalue weighted by Crippen LogP contribution is 2.10. The van der Waals surface area contributed by atoms with Gasteiger partial charge in [0.25, 0.3) is 0 Å². The van der Waals surface area contributed by atoms with E-state index in [4.69, 9.17) is 9.47 Å². The van der Waals surface area contributed by atoms with Crippen molar-refractivity contribution in [3.05, 3.63) is 70.8 Å². The van der Waals surface area contributed by atoms with Crippen molar-refractivity contribution in [2.24, 2.45) is 0 Å². The third-order valence-corrected chi connectivity index (χ3v) is 5.63. The van der Waals surface area contributed by atoms with E-state index in [0.717, 1.165) is 24.2 Å². The number of carbonyl (C=O) groups is 4. The van der Waals surface area contributed by atoms with Crippen LogP contribution in [0.2, 0.25) is 25.7 Å². The Kier molecular flexibility index (Phi) is 10.4. The zero-order valence-electron chi connectivity index (χ0n) is 17.8. The second-order valence-electron chi connectivity index (χ2n) is 7.83. The molecule has 2 aromatic carbocycles. The summed E-state index contributed by atoms with van der Waals surface area (Å²) in [7, 11) is -1.16. The molecule has 0 aliphatic heterocycles. The topological polar surface area (TPSA) is 86.7 Å². The van der Waals surface area contributed by atoms with Crippen LogP contribution in [-0.2, 0) is 20.9 Å². The first kappa shape index (κ1) is 25.0.